The smallest absolute Gasteiger partial charge is 0.0767 e. The molecule has 1 fully saturated rings. The number of nitrogens with zero attached hydrogens (tertiary/aromatic N) is 2. The van der Waals surface area contributed by atoms with E-state index in [-0.39, 0.29) is 0 Å². The molecule has 0 saturated heterocycles. The lowest BCUT2D eigenvalue weighted by Gasteiger charge is -2.25. The van der Waals surface area contributed by atoms with Crippen molar-refractivity contribution in [1.29, 1.82) is 0 Å². The molecule has 0 spiro atoms. The Morgan fingerprint density at radius 2 is 2.16 bits per heavy atom. The van der Waals surface area contributed by atoms with Gasteiger partial charge in [0.05, 0.1) is 5.52 Å². The predicted octanol–water partition coefficient (Wildman–Crippen LogP) is 3.05. The molecule has 1 aliphatic rings. The molecule has 0 amide bonds. The highest BCUT2D eigenvalue weighted by Gasteiger charge is 2.30. The van der Waals surface area contributed by atoms with E-state index in [0.717, 1.165) is 29.1 Å². The molecule has 1 aromatic heterocycles. The normalized spacial score (nSPS) is 17.0. The van der Waals surface area contributed by atoms with Crippen molar-refractivity contribution in [2.24, 2.45) is 5.92 Å². The van der Waals surface area contributed by atoms with Crippen LogP contribution in [0.2, 0.25) is 0 Å². The molecule has 2 N–H and O–H groups in total. The van der Waals surface area contributed by atoms with Crippen molar-refractivity contribution in [2.45, 2.75) is 32.4 Å². The van der Waals surface area contributed by atoms with Crippen molar-refractivity contribution in [3.8, 4) is 0 Å². The quantitative estimate of drug-likeness (QED) is 0.854. The van der Waals surface area contributed by atoms with E-state index in [9.17, 15) is 0 Å². The van der Waals surface area contributed by atoms with Crippen LogP contribution in [0.5, 0.6) is 0 Å². The maximum absolute atomic E-state index is 6.02. The number of hydrogen-bond acceptors (Lipinski definition) is 3. The fraction of sp³-hybridized carbons (Fsp3) is 0.438. The highest BCUT2D eigenvalue weighted by molar-refractivity contribution is 5.92. The summed E-state index contributed by atoms with van der Waals surface area (Å²) in [4.78, 5) is 6.94. The minimum atomic E-state index is 0.649. The van der Waals surface area contributed by atoms with Gasteiger partial charge in [-0.3, -0.25) is 9.88 Å². The number of anilines is 1. The Kier molecular flexibility index (Phi) is 3.15. The second-order valence-electron chi connectivity index (χ2n) is 5.71. The Morgan fingerprint density at radius 3 is 2.89 bits per heavy atom. The van der Waals surface area contributed by atoms with E-state index in [1.54, 1.807) is 0 Å². The SMILES string of the molecule is CC(C1CC1)N(C)Cc1ccc(N)c2cccnc12. The Hall–Kier alpha value is -1.61. The van der Waals surface area contributed by atoms with Crippen LogP contribution >= 0.6 is 0 Å². The van der Waals surface area contributed by atoms with Gasteiger partial charge in [0.15, 0.2) is 0 Å². The first kappa shape index (κ1) is 12.4. The third-order valence-electron chi connectivity index (χ3n) is 4.31. The van der Waals surface area contributed by atoms with Crippen LogP contribution in [-0.2, 0) is 6.54 Å². The summed E-state index contributed by atoms with van der Waals surface area (Å²) < 4.78 is 0. The summed E-state index contributed by atoms with van der Waals surface area (Å²) in [5, 5.41) is 1.06. The van der Waals surface area contributed by atoms with Gasteiger partial charge in [0, 0.05) is 29.9 Å². The van der Waals surface area contributed by atoms with Gasteiger partial charge in [-0.05, 0) is 56.5 Å². The first-order valence-electron chi connectivity index (χ1n) is 6.99. The number of nitrogen functional groups attached to an aromatic ring is 1. The summed E-state index contributed by atoms with van der Waals surface area (Å²) >= 11 is 0. The number of benzene rings is 1. The number of nitrogens with two attached hydrogens (primary N) is 1. The van der Waals surface area contributed by atoms with Crippen molar-refractivity contribution >= 4 is 16.6 Å². The van der Waals surface area contributed by atoms with E-state index >= 15 is 0 Å². The molecule has 1 aromatic carbocycles. The number of hydrogen-bond donors (Lipinski definition) is 1. The first-order chi connectivity index (χ1) is 9.16. The van der Waals surface area contributed by atoms with Gasteiger partial charge < -0.3 is 5.73 Å². The molecule has 1 aliphatic carbocycles. The minimum absolute atomic E-state index is 0.649. The zero-order valence-corrected chi connectivity index (χ0v) is 11.6. The molecule has 0 bridgehead atoms. The Labute approximate surface area is 114 Å². The lowest BCUT2D eigenvalue weighted by atomic mass is 10.1. The Balaban J connectivity index is 1.90. The van der Waals surface area contributed by atoms with E-state index in [1.165, 1.54) is 18.4 Å². The van der Waals surface area contributed by atoms with E-state index in [0.29, 0.717) is 6.04 Å². The number of rotatable bonds is 4. The van der Waals surface area contributed by atoms with Crippen LogP contribution in [-0.4, -0.2) is 23.0 Å². The molecule has 100 valence electrons. The molecule has 1 heterocycles. The van der Waals surface area contributed by atoms with Gasteiger partial charge in [-0.25, -0.2) is 0 Å². The molecule has 1 saturated carbocycles. The van der Waals surface area contributed by atoms with Crippen molar-refractivity contribution < 1.29 is 0 Å². The molecule has 19 heavy (non-hydrogen) atoms. The van der Waals surface area contributed by atoms with E-state index in [4.69, 9.17) is 5.73 Å². The largest absolute Gasteiger partial charge is 0.398 e. The minimum Gasteiger partial charge on any atom is -0.398 e. The number of aromatic nitrogens is 1. The summed E-state index contributed by atoms with van der Waals surface area (Å²) in [5.41, 5.74) is 9.13. The van der Waals surface area contributed by atoms with E-state index < -0.39 is 0 Å². The van der Waals surface area contributed by atoms with Crippen LogP contribution in [0.25, 0.3) is 10.9 Å². The molecule has 1 atom stereocenters. The fourth-order valence-electron chi connectivity index (χ4n) is 2.73. The molecule has 3 heteroatoms. The summed E-state index contributed by atoms with van der Waals surface area (Å²) in [6.07, 6.45) is 4.61. The van der Waals surface area contributed by atoms with Crippen LogP contribution in [0.4, 0.5) is 5.69 Å². The van der Waals surface area contributed by atoms with Gasteiger partial charge in [-0.2, -0.15) is 0 Å². The van der Waals surface area contributed by atoms with Crippen molar-refractivity contribution in [2.75, 3.05) is 12.8 Å². The predicted molar refractivity (Wildman–Crippen MR) is 79.8 cm³/mol. The van der Waals surface area contributed by atoms with Gasteiger partial charge >= 0.3 is 0 Å². The maximum Gasteiger partial charge on any atom is 0.0767 e. The summed E-state index contributed by atoms with van der Waals surface area (Å²) in [7, 11) is 2.20. The highest BCUT2D eigenvalue weighted by atomic mass is 15.1. The Morgan fingerprint density at radius 1 is 1.37 bits per heavy atom. The molecular weight excluding hydrogens is 234 g/mol. The molecule has 1 unspecified atom stereocenters. The average molecular weight is 255 g/mol. The molecule has 2 aromatic rings. The van der Waals surface area contributed by atoms with Crippen LogP contribution < -0.4 is 5.73 Å². The monoisotopic (exact) mass is 255 g/mol. The van der Waals surface area contributed by atoms with Crippen LogP contribution in [0.15, 0.2) is 30.5 Å². The van der Waals surface area contributed by atoms with Gasteiger partial charge in [0.1, 0.15) is 0 Å². The highest BCUT2D eigenvalue weighted by Crippen LogP contribution is 2.35. The molecule has 0 radical (unpaired) electrons. The van der Waals surface area contributed by atoms with Crippen molar-refractivity contribution in [1.82, 2.24) is 9.88 Å². The standard InChI is InChI=1S/C16H21N3/c1-11(12-5-6-12)19(2)10-13-7-8-15(17)14-4-3-9-18-16(13)14/h3-4,7-9,11-12H,5-6,10,17H2,1-2H3. The summed E-state index contributed by atoms with van der Waals surface area (Å²) in [6.45, 7) is 3.26. The van der Waals surface area contributed by atoms with E-state index in [2.05, 4.69) is 29.9 Å². The van der Waals surface area contributed by atoms with Crippen molar-refractivity contribution in [3.63, 3.8) is 0 Å². The van der Waals surface area contributed by atoms with Crippen LogP contribution in [0, 0.1) is 5.92 Å². The second kappa shape index (κ2) is 4.82. The molecule has 0 aliphatic heterocycles. The van der Waals surface area contributed by atoms with Crippen LogP contribution in [0.3, 0.4) is 0 Å². The van der Waals surface area contributed by atoms with Gasteiger partial charge in [-0.15, -0.1) is 0 Å². The van der Waals surface area contributed by atoms with Crippen molar-refractivity contribution in [3.05, 3.63) is 36.0 Å². The molecule has 3 rings (SSSR count). The molecule has 3 nitrogen and oxygen atoms in total. The fourth-order valence-corrected chi connectivity index (χ4v) is 2.73. The van der Waals surface area contributed by atoms with Gasteiger partial charge in [0.25, 0.3) is 0 Å². The average Bonchev–Trinajstić information content (AvgIpc) is 3.26. The summed E-state index contributed by atoms with van der Waals surface area (Å²) in [5.74, 6) is 0.887. The van der Waals surface area contributed by atoms with E-state index in [1.807, 2.05) is 24.4 Å². The zero-order valence-electron chi connectivity index (χ0n) is 11.6. The summed E-state index contributed by atoms with van der Waals surface area (Å²) in [6, 6.07) is 8.75. The van der Waals surface area contributed by atoms with Gasteiger partial charge in [0.2, 0.25) is 0 Å². The lowest BCUT2D eigenvalue weighted by Crippen LogP contribution is -2.30. The van der Waals surface area contributed by atoms with Gasteiger partial charge in [-0.1, -0.05) is 6.07 Å². The Bertz CT molecular complexity index is 590. The zero-order chi connectivity index (χ0) is 13.4. The third kappa shape index (κ3) is 2.43. The second-order valence-corrected chi connectivity index (χ2v) is 5.71. The third-order valence-corrected chi connectivity index (χ3v) is 4.31. The number of fused-ring (bicyclic) bond motifs is 1. The topological polar surface area (TPSA) is 42.1 Å². The number of pyridine rings is 1. The van der Waals surface area contributed by atoms with Crippen LogP contribution in [0.1, 0.15) is 25.3 Å². The maximum atomic E-state index is 6.02. The first-order valence-corrected chi connectivity index (χ1v) is 6.99. The lowest BCUT2D eigenvalue weighted by molar-refractivity contribution is 0.227. The molecular formula is C16H21N3.